The van der Waals surface area contributed by atoms with E-state index in [9.17, 15) is 0 Å². The molecule has 0 amide bonds. The van der Waals surface area contributed by atoms with E-state index in [2.05, 4.69) is 58.7 Å². The van der Waals surface area contributed by atoms with Gasteiger partial charge in [0, 0.05) is 6.92 Å². The number of benzene rings is 1. The van der Waals surface area contributed by atoms with Crippen LogP contribution in [0.25, 0.3) is 11.1 Å². The van der Waals surface area contributed by atoms with E-state index in [-0.39, 0.29) is 10.8 Å². The lowest BCUT2D eigenvalue weighted by Crippen LogP contribution is -2.16. The zero-order valence-corrected chi connectivity index (χ0v) is 12.5. The van der Waals surface area contributed by atoms with E-state index >= 15 is 0 Å². The van der Waals surface area contributed by atoms with Crippen molar-refractivity contribution < 1.29 is 4.42 Å². The van der Waals surface area contributed by atoms with Crippen molar-refractivity contribution in [1.82, 2.24) is 4.98 Å². The van der Waals surface area contributed by atoms with Gasteiger partial charge in [0.15, 0.2) is 11.5 Å². The van der Waals surface area contributed by atoms with Gasteiger partial charge in [-0.15, -0.1) is 0 Å². The van der Waals surface area contributed by atoms with Crippen LogP contribution in [0.1, 0.15) is 58.6 Å². The summed E-state index contributed by atoms with van der Waals surface area (Å²) < 4.78 is 5.73. The Labute approximate surface area is 109 Å². The fourth-order valence-corrected chi connectivity index (χ4v) is 2.15. The molecule has 1 aromatic carbocycles. The van der Waals surface area contributed by atoms with Crippen LogP contribution in [0.4, 0.5) is 0 Å². The van der Waals surface area contributed by atoms with Gasteiger partial charge in [-0.25, -0.2) is 4.98 Å². The van der Waals surface area contributed by atoms with Crippen LogP contribution in [0.3, 0.4) is 0 Å². The summed E-state index contributed by atoms with van der Waals surface area (Å²) in [6, 6.07) is 4.41. The number of rotatable bonds is 0. The van der Waals surface area contributed by atoms with E-state index in [4.69, 9.17) is 4.42 Å². The third-order valence-electron chi connectivity index (χ3n) is 3.28. The molecule has 2 nitrogen and oxygen atoms in total. The van der Waals surface area contributed by atoms with Crippen LogP contribution in [0.15, 0.2) is 16.5 Å². The number of oxazole rings is 1. The minimum absolute atomic E-state index is 0.0722. The Kier molecular flexibility index (Phi) is 2.80. The van der Waals surface area contributed by atoms with E-state index in [1.807, 2.05) is 6.92 Å². The van der Waals surface area contributed by atoms with Crippen molar-refractivity contribution in [3.8, 4) is 0 Å². The highest BCUT2D eigenvalue weighted by Crippen LogP contribution is 2.35. The summed E-state index contributed by atoms with van der Waals surface area (Å²) in [5.41, 5.74) is 4.67. The van der Waals surface area contributed by atoms with Crippen molar-refractivity contribution in [1.29, 1.82) is 0 Å². The number of aryl methyl sites for hydroxylation is 1. The number of hydrogen-bond acceptors (Lipinski definition) is 2. The Bertz CT molecular complexity index is 579. The molecule has 0 saturated carbocycles. The summed E-state index contributed by atoms with van der Waals surface area (Å²) in [5.74, 6) is 0.738. The molecule has 0 atom stereocenters. The SMILES string of the molecule is Cc1nc2c(C(C)(C)C)cc(C(C)(C)C)cc2o1. The first-order valence-electron chi connectivity index (χ1n) is 6.51. The topological polar surface area (TPSA) is 26.0 Å². The maximum Gasteiger partial charge on any atom is 0.192 e. The van der Waals surface area contributed by atoms with Crippen LogP contribution >= 0.6 is 0 Å². The van der Waals surface area contributed by atoms with Crippen LogP contribution in [0.5, 0.6) is 0 Å². The summed E-state index contributed by atoms with van der Waals surface area (Å²) in [6.07, 6.45) is 0. The molecule has 0 aliphatic heterocycles. The number of fused-ring (bicyclic) bond motifs is 1. The molecule has 18 heavy (non-hydrogen) atoms. The predicted octanol–water partition coefficient (Wildman–Crippen LogP) is 4.73. The van der Waals surface area contributed by atoms with Crippen molar-refractivity contribution >= 4 is 11.1 Å². The average Bonchev–Trinajstić information content (AvgIpc) is 2.52. The monoisotopic (exact) mass is 245 g/mol. The highest BCUT2D eigenvalue weighted by atomic mass is 16.3. The van der Waals surface area contributed by atoms with Gasteiger partial charge in [0.05, 0.1) is 0 Å². The van der Waals surface area contributed by atoms with Gasteiger partial charge in [0.25, 0.3) is 0 Å². The van der Waals surface area contributed by atoms with Crippen LogP contribution in [-0.4, -0.2) is 4.98 Å². The molecule has 0 N–H and O–H groups in total. The van der Waals surface area contributed by atoms with E-state index in [1.165, 1.54) is 11.1 Å². The Morgan fingerprint density at radius 3 is 2.06 bits per heavy atom. The molecule has 2 aromatic rings. The molecule has 2 heteroatoms. The highest BCUT2D eigenvalue weighted by Gasteiger charge is 2.24. The molecule has 0 saturated heterocycles. The molecular weight excluding hydrogens is 222 g/mol. The summed E-state index contributed by atoms with van der Waals surface area (Å²) in [6.45, 7) is 15.2. The number of nitrogens with zero attached hydrogens (tertiary/aromatic N) is 1. The fraction of sp³-hybridized carbons (Fsp3) is 0.562. The zero-order valence-electron chi connectivity index (χ0n) is 12.5. The van der Waals surface area contributed by atoms with Crippen LogP contribution < -0.4 is 0 Å². The first kappa shape index (κ1) is 13.1. The minimum Gasteiger partial charge on any atom is -0.441 e. The van der Waals surface area contributed by atoms with Crippen molar-refractivity contribution in [3.05, 3.63) is 29.2 Å². The lowest BCUT2D eigenvalue weighted by molar-refractivity contribution is 0.552. The van der Waals surface area contributed by atoms with Gasteiger partial charge in [-0.1, -0.05) is 47.6 Å². The van der Waals surface area contributed by atoms with Crippen LogP contribution in [-0.2, 0) is 10.8 Å². The van der Waals surface area contributed by atoms with E-state index in [1.54, 1.807) is 0 Å². The first-order chi connectivity index (χ1) is 8.09. The maximum atomic E-state index is 5.73. The Morgan fingerprint density at radius 2 is 1.56 bits per heavy atom. The van der Waals surface area contributed by atoms with Crippen molar-refractivity contribution in [2.75, 3.05) is 0 Å². The number of hydrogen-bond donors (Lipinski definition) is 0. The molecule has 0 unspecified atom stereocenters. The average molecular weight is 245 g/mol. The van der Waals surface area contributed by atoms with Crippen LogP contribution in [0.2, 0.25) is 0 Å². The van der Waals surface area contributed by atoms with Crippen LogP contribution in [0, 0.1) is 6.92 Å². The minimum atomic E-state index is 0.0722. The van der Waals surface area contributed by atoms with Gasteiger partial charge in [0.2, 0.25) is 0 Å². The Hall–Kier alpha value is -1.31. The second-order valence-electron chi connectivity index (χ2n) is 7.10. The first-order valence-corrected chi connectivity index (χ1v) is 6.51. The van der Waals surface area contributed by atoms with Gasteiger partial charge >= 0.3 is 0 Å². The molecule has 2 rings (SSSR count). The van der Waals surface area contributed by atoms with Gasteiger partial charge in [-0.3, -0.25) is 0 Å². The molecule has 0 radical (unpaired) electrons. The third kappa shape index (κ3) is 2.29. The van der Waals surface area contributed by atoms with Gasteiger partial charge in [0.1, 0.15) is 5.52 Å². The van der Waals surface area contributed by atoms with Crippen molar-refractivity contribution in [3.63, 3.8) is 0 Å². The standard InChI is InChI=1S/C16H23NO/c1-10-17-14-12(16(5,6)7)8-11(15(2,3)4)9-13(14)18-10/h8-9H,1-7H3. The second-order valence-corrected chi connectivity index (χ2v) is 7.10. The Balaban J connectivity index is 2.81. The molecule has 1 aromatic heterocycles. The quantitative estimate of drug-likeness (QED) is 0.670. The summed E-state index contributed by atoms with van der Waals surface area (Å²) in [5, 5.41) is 0. The van der Waals surface area contributed by atoms with Crippen molar-refractivity contribution in [2.24, 2.45) is 0 Å². The largest absolute Gasteiger partial charge is 0.441 e. The Morgan fingerprint density at radius 1 is 0.944 bits per heavy atom. The van der Waals surface area contributed by atoms with Crippen molar-refractivity contribution in [2.45, 2.75) is 59.3 Å². The molecule has 0 spiro atoms. The van der Waals surface area contributed by atoms with Gasteiger partial charge in [-0.05, 0) is 28.0 Å². The predicted molar refractivity (Wildman–Crippen MR) is 76.1 cm³/mol. The molecule has 0 bridgehead atoms. The molecule has 0 fully saturated rings. The molecule has 0 aliphatic rings. The van der Waals surface area contributed by atoms with E-state index in [0.29, 0.717) is 0 Å². The molecule has 98 valence electrons. The maximum absolute atomic E-state index is 5.73. The third-order valence-corrected chi connectivity index (χ3v) is 3.28. The zero-order chi connectivity index (χ0) is 13.7. The fourth-order valence-electron chi connectivity index (χ4n) is 2.15. The highest BCUT2D eigenvalue weighted by molar-refractivity contribution is 5.79. The smallest absolute Gasteiger partial charge is 0.192 e. The summed E-state index contributed by atoms with van der Waals surface area (Å²) >= 11 is 0. The summed E-state index contributed by atoms with van der Waals surface area (Å²) in [7, 11) is 0. The number of aromatic nitrogens is 1. The normalized spacial score (nSPS) is 13.3. The van der Waals surface area contributed by atoms with Gasteiger partial charge < -0.3 is 4.42 Å². The molecular formula is C16H23NO. The lowest BCUT2D eigenvalue weighted by atomic mass is 9.80. The molecule has 1 heterocycles. The van der Waals surface area contributed by atoms with Gasteiger partial charge in [-0.2, -0.15) is 0 Å². The van der Waals surface area contributed by atoms with E-state index in [0.717, 1.165) is 17.0 Å². The second kappa shape index (κ2) is 3.84. The molecule has 0 aliphatic carbocycles. The summed E-state index contributed by atoms with van der Waals surface area (Å²) in [4.78, 5) is 4.54. The lowest BCUT2D eigenvalue weighted by Gasteiger charge is -2.24. The van der Waals surface area contributed by atoms with E-state index < -0.39 is 0 Å².